The third-order valence-electron chi connectivity index (χ3n) is 2.29. The van der Waals surface area contributed by atoms with Gasteiger partial charge in [-0.15, -0.1) is 0 Å². The third kappa shape index (κ3) is 6.03. The fourth-order valence-electron chi connectivity index (χ4n) is 1.66. The quantitative estimate of drug-likeness (QED) is 0.911. The van der Waals surface area contributed by atoms with Gasteiger partial charge in [0.15, 0.2) is 0 Å². The van der Waals surface area contributed by atoms with Crippen LogP contribution in [0.5, 0.6) is 0 Å². The van der Waals surface area contributed by atoms with E-state index in [9.17, 15) is 4.79 Å². The van der Waals surface area contributed by atoms with Gasteiger partial charge >= 0.3 is 0 Å². The lowest BCUT2D eigenvalue weighted by Crippen LogP contribution is -2.45. The van der Waals surface area contributed by atoms with Crippen molar-refractivity contribution in [3.63, 3.8) is 0 Å². The van der Waals surface area contributed by atoms with Gasteiger partial charge in [-0.3, -0.25) is 9.69 Å². The molecule has 100 valence electrons. The van der Waals surface area contributed by atoms with Crippen LogP contribution in [0.3, 0.4) is 0 Å². The molecule has 0 aromatic heterocycles. The van der Waals surface area contributed by atoms with E-state index in [2.05, 4.69) is 5.32 Å². The molecule has 0 spiro atoms. The molecule has 4 heteroatoms. The second kappa shape index (κ2) is 6.21. The summed E-state index contributed by atoms with van der Waals surface area (Å²) in [6.07, 6.45) is 0. The predicted molar refractivity (Wildman–Crippen MR) is 75.7 cm³/mol. The van der Waals surface area contributed by atoms with Gasteiger partial charge in [-0.1, -0.05) is 23.7 Å². The first kappa shape index (κ1) is 15.0. The summed E-state index contributed by atoms with van der Waals surface area (Å²) in [5.41, 5.74) is 0.962. The molecule has 0 radical (unpaired) electrons. The van der Waals surface area contributed by atoms with Gasteiger partial charge < -0.3 is 5.32 Å². The van der Waals surface area contributed by atoms with E-state index in [0.717, 1.165) is 17.1 Å². The highest BCUT2D eigenvalue weighted by Crippen LogP contribution is 2.10. The molecular weight excluding hydrogens is 248 g/mol. The van der Waals surface area contributed by atoms with Crippen LogP contribution < -0.4 is 5.32 Å². The van der Waals surface area contributed by atoms with Crippen molar-refractivity contribution in [3.05, 3.63) is 34.9 Å². The molecule has 0 atom stereocenters. The average molecular weight is 269 g/mol. The summed E-state index contributed by atoms with van der Waals surface area (Å²) in [5, 5.41) is 3.67. The summed E-state index contributed by atoms with van der Waals surface area (Å²) in [4.78, 5) is 13.7. The minimum absolute atomic E-state index is 0.0407. The summed E-state index contributed by atoms with van der Waals surface area (Å²) >= 11 is 5.83. The van der Waals surface area contributed by atoms with Crippen molar-refractivity contribution in [1.29, 1.82) is 0 Å². The number of carbonyl (C=O) groups excluding carboxylic acids is 1. The van der Waals surface area contributed by atoms with Crippen LogP contribution in [0.25, 0.3) is 0 Å². The molecule has 0 fully saturated rings. The fourth-order valence-corrected chi connectivity index (χ4v) is 1.79. The van der Waals surface area contributed by atoms with Crippen LogP contribution in [-0.4, -0.2) is 29.9 Å². The monoisotopic (exact) mass is 268 g/mol. The zero-order valence-electron chi connectivity index (χ0n) is 11.5. The molecule has 0 bridgehead atoms. The van der Waals surface area contributed by atoms with Crippen molar-refractivity contribution < 1.29 is 4.79 Å². The Bertz CT molecular complexity index is 395. The van der Waals surface area contributed by atoms with Gasteiger partial charge in [0.05, 0.1) is 6.54 Å². The molecule has 0 heterocycles. The number of nitrogens with zero attached hydrogens (tertiary/aromatic N) is 1. The highest BCUT2D eigenvalue weighted by molar-refractivity contribution is 6.30. The van der Waals surface area contributed by atoms with E-state index in [4.69, 9.17) is 11.6 Å². The zero-order chi connectivity index (χ0) is 13.8. The van der Waals surface area contributed by atoms with Gasteiger partial charge in [-0.25, -0.2) is 0 Å². The lowest BCUT2D eigenvalue weighted by atomic mass is 10.1. The van der Waals surface area contributed by atoms with Gasteiger partial charge in [0.1, 0.15) is 0 Å². The maximum Gasteiger partial charge on any atom is 0.234 e. The second-order valence-corrected chi connectivity index (χ2v) is 6.03. The number of rotatable bonds is 4. The van der Waals surface area contributed by atoms with Crippen molar-refractivity contribution >= 4 is 17.5 Å². The van der Waals surface area contributed by atoms with Crippen molar-refractivity contribution in [3.8, 4) is 0 Å². The number of benzene rings is 1. The molecule has 0 saturated heterocycles. The number of likely N-dealkylation sites (N-methyl/N-ethyl adjacent to an activating group) is 1. The molecule has 3 nitrogen and oxygen atoms in total. The Morgan fingerprint density at radius 2 is 1.83 bits per heavy atom. The van der Waals surface area contributed by atoms with Crippen molar-refractivity contribution in [2.24, 2.45) is 0 Å². The van der Waals surface area contributed by atoms with Crippen LogP contribution in [0.15, 0.2) is 24.3 Å². The van der Waals surface area contributed by atoms with Crippen LogP contribution in [0.2, 0.25) is 5.02 Å². The molecule has 1 rings (SSSR count). The van der Waals surface area contributed by atoms with Gasteiger partial charge in [-0.05, 0) is 45.5 Å². The van der Waals surface area contributed by atoms with Crippen molar-refractivity contribution in [2.45, 2.75) is 32.9 Å². The summed E-state index contributed by atoms with van der Waals surface area (Å²) in [6.45, 7) is 7.05. The Kier molecular flexibility index (Phi) is 5.17. The first-order chi connectivity index (χ1) is 8.26. The fraction of sp³-hybridized carbons (Fsp3) is 0.500. The minimum Gasteiger partial charge on any atom is -0.350 e. The zero-order valence-corrected chi connectivity index (χ0v) is 12.2. The Balaban J connectivity index is 2.44. The van der Waals surface area contributed by atoms with Crippen LogP contribution in [0.1, 0.15) is 26.3 Å². The topological polar surface area (TPSA) is 32.3 Å². The SMILES string of the molecule is CN(CC(=O)NC(C)(C)C)Cc1ccc(Cl)cc1. The van der Waals surface area contributed by atoms with Gasteiger partial charge in [-0.2, -0.15) is 0 Å². The third-order valence-corrected chi connectivity index (χ3v) is 2.55. The van der Waals surface area contributed by atoms with Gasteiger partial charge in [0.2, 0.25) is 5.91 Å². The van der Waals surface area contributed by atoms with Gasteiger partial charge in [0.25, 0.3) is 0 Å². The Hall–Kier alpha value is -1.06. The van der Waals surface area contributed by atoms with E-state index >= 15 is 0 Å². The van der Waals surface area contributed by atoms with E-state index in [-0.39, 0.29) is 11.4 Å². The van der Waals surface area contributed by atoms with Crippen molar-refractivity contribution in [2.75, 3.05) is 13.6 Å². The van der Waals surface area contributed by atoms with E-state index in [1.165, 1.54) is 0 Å². The van der Waals surface area contributed by atoms with E-state index < -0.39 is 0 Å². The standard InChI is InChI=1S/C14H21ClN2O/c1-14(2,3)16-13(18)10-17(4)9-11-5-7-12(15)8-6-11/h5-8H,9-10H2,1-4H3,(H,16,18). The molecule has 1 N–H and O–H groups in total. The lowest BCUT2D eigenvalue weighted by molar-refractivity contribution is -0.123. The molecule has 0 aliphatic carbocycles. The molecular formula is C14H21ClN2O. The van der Waals surface area contributed by atoms with Crippen LogP contribution in [0.4, 0.5) is 0 Å². The van der Waals surface area contributed by atoms with Crippen LogP contribution >= 0.6 is 11.6 Å². The number of halogens is 1. The Labute approximate surface area is 114 Å². The maximum absolute atomic E-state index is 11.7. The molecule has 0 unspecified atom stereocenters. The first-order valence-electron chi connectivity index (χ1n) is 6.00. The van der Waals surface area contributed by atoms with E-state index in [1.54, 1.807) is 0 Å². The van der Waals surface area contributed by atoms with Gasteiger partial charge in [0, 0.05) is 17.1 Å². The molecule has 1 aromatic carbocycles. The highest BCUT2D eigenvalue weighted by Gasteiger charge is 2.14. The summed E-state index contributed by atoms with van der Waals surface area (Å²) in [5.74, 6) is 0.0407. The van der Waals surface area contributed by atoms with E-state index in [1.807, 2.05) is 57.0 Å². The number of hydrogen-bond acceptors (Lipinski definition) is 2. The summed E-state index contributed by atoms with van der Waals surface area (Å²) in [6, 6.07) is 7.67. The molecule has 0 saturated carbocycles. The Morgan fingerprint density at radius 3 is 2.33 bits per heavy atom. The minimum atomic E-state index is -0.182. The number of amides is 1. The van der Waals surface area contributed by atoms with Crippen LogP contribution in [0, 0.1) is 0 Å². The largest absolute Gasteiger partial charge is 0.350 e. The number of nitrogens with one attached hydrogen (secondary N) is 1. The maximum atomic E-state index is 11.7. The number of carbonyl (C=O) groups is 1. The van der Waals surface area contributed by atoms with Crippen LogP contribution in [-0.2, 0) is 11.3 Å². The Morgan fingerprint density at radius 1 is 1.28 bits per heavy atom. The molecule has 1 amide bonds. The summed E-state index contributed by atoms with van der Waals surface area (Å²) < 4.78 is 0. The van der Waals surface area contributed by atoms with Crippen molar-refractivity contribution in [1.82, 2.24) is 10.2 Å². The molecule has 0 aliphatic heterocycles. The lowest BCUT2D eigenvalue weighted by Gasteiger charge is -2.23. The molecule has 0 aliphatic rings. The average Bonchev–Trinajstić information content (AvgIpc) is 2.18. The van der Waals surface area contributed by atoms with E-state index in [0.29, 0.717) is 6.54 Å². The number of hydrogen-bond donors (Lipinski definition) is 1. The summed E-state index contributed by atoms with van der Waals surface area (Å²) in [7, 11) is 1.93. The first-order valence-corrected chi connectivity index (χ1v) is 6.38. The highest BCUT2D eigenvalue weighted by atomic mass is 35.5. The predicted octanol–water partition coefficient (Wildman–Crippen LogP) is 2.69. The second-order valence-electron chi connectivity index (χ2n) is 5.60. The molecule has 1 aromatic rings. The molecule has 18 heavy (non-hydrogen) atoms. The smallest absolute Gasteiger partial charge is 0.234 e. The normalized spacial score (nSPS) is 11.7.